The van der Waals surface area contributed by atoms with Crippen LogP contribution in [0, 0.1) is 13.8 Å². The maximum Gasteiger partial charge on any atom is 0.260 e. The number of nitrogens with zero attached hydrogens (tertiary/aromatic N) is 3. The zero-order valence-electron chi connectivity index (χ0n) is 20.6. The summed E-state index contributed by atoms with van der Waals surface area (Å²) in [5.41, 5.74) is 2.02. The lowest BCUT2D eigenvalue weighted by molar-refractivity contribution is -0.133. The van der Waals surface area contributed by atoms with Gasteiger partial charge in [-0.3, -0.25) is 4.79 Å². The molecule has 0 atom stereocenters. The quantitative estimate of drug-likeness (QED) is 0.341. The van der Waals surface area contributed by atoms with Crippen molar-refractivity contribution in [3.8, 4) is 16.5 Å². The molecule has 0 radical (unpaired) electrons. The van der Waals surface area contributed by atoms with Crippen LogP contribution in [0.4, 0.5) is 5.88 Å². The van der Waals surface area contributed by atoms with Crippen LogP contribution < -0.4 is 9.64 Å². The molecule has 1 fully saturated rings. The van der Waals surface area contributed by atoms with Crippen molar-refractivity contribution >= 4 is 33.0 Å². The number of hydrogen-bond donors (Lipinski definition) is 0. The van der Waals surface area contributed by atoms with Crippen LogP contribution in [0.15, 0.2) is 80.4 Å². The first-order valence-corrected chi connectivity index (χ1v) is 14.3. The zero-order valence-corrected chi connectivity index (χ0v) is 22.2. The Labute approximate surface area is 220 Å². The summed E-state index contributed by atoms with van der Waals surface area (Å²) in [5.74, 6) is 0.999. The molecule has 1 amide bonds. The number of thiophene rings is 1. The van der Waals surface area contributed by atoms with Gasteiger partial charge in [-0.1, -0.05) is 35.9 Å². The lowest BCUT2D eigenvalue weighted by Gasteiger charge is -2.34. The highest BCUT2D eigenvalue weighted by Crippen LogP contribution is 2.36. The molecule has 0 N–H and O–H groups in total. The monoisotopic (exact) mass is 537 g/mol. The van der Waals surface area contributed by atoms with Gasteiger partial charge in [-0.05, 0) is 55.1 Å². The molecule has 0 bridgehead atoms. The Kier molecular flexibility index (Phi) is 7.03. The van der Waals surface area contributed by atoms with E-state index in [0.717, 1.165) is 16.0 Å². The van der Waals surface area contributed by atoms with Crippen LogP contribution in [0.2, 0.25) is 0 Å². The number of anilines is 1. The van der Waals surface area contributed by atoms with E-state index in [1.54, 1.807) is 29.2 Å². The van der Waals surface area contributed by atoms with Crippen molar-refractivity contribution in [2.24, 2.45) is 0 Å². The number of ether oxygens (including phenoxy) is 1. The van der Waals surface area contributed by atoms with Gasteiger partial charge in [-0.25, -0.2) is 8.42 Å². The van der Waals surface area contributed by atoms with Crippen molar-refractivity contribution in [1.82, 2.24) is 9.88 Å². The third-order valence-electron chi connectivity index (χ3n) is 6.17. The van der Waals surface area contributed by atoms with E-state index < -0.39 is 9.84 Å². The van der Waals surface area contributed by atoms with Crippen LogP contribution in [0.1, 0.15) is 11.1 Å². The van der Waals surface area contributed by atoms with Gasteiger partial charge < -0.3 is 19.0 Å². The maximum atomic E-state index is 13.6. The van der Waals surface area contributed by atoms with Gasteiger partial charge in [0.15, 0.2) is 6.61 Å². The van der Waals surface area contributed by atoms with Gasteiger partial charge in [0, 0.05) is 26.2 Å². The maximum absolute atomic E-state index is 13.6. The molecule has 0 aliphatic carbocycles. The van der Waals surface area contributed by atoms with Crippen LogP contribution in [-0.4, -0.2) is 57.0 Å². The highest BCUT2D eigenvalue weighted by molar-refractivity contribution is 7.91. The summed E-state index contributed by atoms with van der Waals surface area (Å²) in [4.78, 5) is 21.7. The molecule has 2 aromatic heterocycles. The minimum atomic E-state index is -3.92. The summed E-state index contributed by atoms with van der Waals surface area (Å²) in [5, 5.41) is 1.78. The van der Waals surface area contributed by atoms with Crippen LogP contribution in [-0.2, 0) is 14.6 Å². The predicted octanol–water partition coefficient (Wildman–Crippen LogP) is 4.58. The number of carbonyl (C=O) groups is 1. The van der Waals surface area contributed by atoms with Crippen molar-refractivity contribution < 1.29 is 22.4 Å². The Hall–Kier alpha value is -3.63. The van der Waals surface area contributed by atoms with Crippen LogP contribution in [0.3, 0.4) is 0 Å². The number of benzene rings is 2. The van der Waals surface area contributed by atoms with E-state index in [-0.39, 0.29) is 34.2 Å². The Bertz CT molecular complexity index is 1490. The fraction of sp³-hybridized carbons (Fsp3) is 0.259. The van der Waals surface area contributed by atoms with Crippen LogP contribution >= 0.6 is 11.3 Å². The van der Waals surface area contributed by atoms with Gasteiger partial charge in [0.25, 0.3) is 5.91 Å². The van der Waals surface area contributed by atoms with Crippen molar-refractivity contribution in [3.05, 3.63) is 77.2 Å². The molecule has 0 spiro atoms. The second-order valence-corrected chi connectivity index (χ2v) is 11.7. The van der Waals surface area contributed by atoms with E-state index in [0.29, 0.717) is 31.9 Å². The fourth-order valence-corrected chi connectivity index (χ4v) is 6.08. The lowest BCUT2D eigenvalue weighted by Crippen LogP contribution is -2.50. The van der Waals surface area contributed by atoms with Gasteiger partial charge in [0.1, 0.15) is 5.75 Å². The predicted molar refractivity (Wildman–Crippen MR) is 142 cm³/mol. The highest BCUT2D eigenvalue weighted by Gasteiger charge is 2.33. The molecule has 1 aliphatic rings. The first kappa shape index (κ1) is 25.0. The van der Waals surface area contributed by atoms with E-state index >= 15 is 0 Å². The number of aromatic nitrogens is 1. The number of aryl methyl sites for hydroxylation is 2. The topological polar surface area (TPSA) is 93.0 Å². The number of oxazole rings is 1. The molecule has 2 aromatic carbocycles. The summed E-state index contributed by atoms with van der Waals surface area (Å²) in [6.45, 7) is 5.46. The SMILES string of the molecule is Cc1ccc(S(=O)(=O)c2nc(-c3cccs3)oc2N2CCN(C(=O)COc3cccc(C)c3)CC2)cc1. The van der Waals surface area contributed by atoms with Gasteiger partial charge >= 0.3 is 0 Å². The number of rotatable bonds is 7. The van der Waals surface area contributed by atoms with Gasteiger partial charge in [-0.2, -0.15) is 4.98 Å². The van der Waals surface area contributed by atoms with Crippen LogP contribution in [0.25, 0.3) is 10.8 Å². The minimum Gasteiger partial charge on any atom is -0.484 e. The molecule has 5 rings (SSSR count). The number of hydrogen-bond acceptors (Lipinski definition) is 8. The van der Waals surface area contributed by atoms with Gasteiger partial charge in [0.05, 0.1) is 9.77 Å². The number of amides is 1. The third kappa shape index (κ3) is 5.40. The van der Waals surface area contributed by atoms with E-state index in [1.807, 2.05) is 60.5 Å². The molecule has 8 nitrogen and oxygen atoms in total. The summed E-state index contributed by atoms with van der Waals surface area (Å²) in [7, 11) is -3.92. The largest absolute Gasteiger partial charge is 0.484 e. The first-order valence-electron chi connectivity index (χ1n) is 11.9. The summed E-state index contributed by atoms with van der Waals surface area (Å²) < 4.78 is 38.9. The van der Waals surface area contributed by atoms with Crippen molar-refractivity contribution in [1.29, 1.82) is 0 Å². The Morgan fingerprint density at radius 3 is 2.43 bits per heavy atom. The minimum absolute atomic E-state index is 0.0542. The van der Waals surface area contributed by atoms with Crippen LogP contribution in [0.5, 0.6) is 5.75 Å². The molecule has 3 heterocycles. The molecule has 0 saturated carbocycles. The molecule has 37 heavy (non-hydrogen) atoms. The second kappa shape index (κ2) is 10.4. The Morgan fingerprint density at radius 2 is 1.76 bits per heavy atom. The van der Waals surface area contributed by atoms with Crippen molar-refractivity contribution in [3.63, 3.8) is 0 Å². The molecule has 192 valence electrons. The average Bonchev–Trinajstić information content (AvgIpc) is 3.59. The Balaban J connectivity index is 1.34. The molecule has 10 heteroatoms. The molecule has 1 saturated heterocycles. The lowest BCUT2D eigenvalue weighted by atomic mass is 10.2. The number of carbonyl (C=O) groups excluding carboxylic acids is 1. The Morgan fingerprint density at radius 1 is 1.00 bits per heavy atom. The summed E-state index contributed by atoms with van der Waals surface area (Å²) in [6, 6.07) is 17.9. The molecule has 0 unspecified atom stereocenters. The van der Waals surface area contributed by atoms with E-state index in [9.17, 15) is 13.2 Å². The molecule has 4 aromatic rings. The molecular weight excluding hydrogens is 510 g/mol. The standard InChI is InChI=1S/C27H27N3O5S2/c1-19-8-10-22(11-9-19)37(32,33)26-27(35-25(28-26)23-7-4-16-36-23)30-14-12-29(13-15-30)24(31)18-34-21-6-3-5-20(2)17-21/h3-11,16-17H,12-15,18H2,1-2H3. The smallest absolute Gasteiger partial charge is 0.260 e. The van der Waals surface area contributed by atoms with E-state index in [1.165, 1.54) is 11.3 Å². The third-order valence-corrected chi connectivity index (χ3v) is 8.69. The zero-order chi connectivity index (χ0) is 26.0. The first-order chi connectivity index (χ1) is 17.8. The van der Waals surface area contributed by atoms with Gasteiger partial charge in [0.2, 0.25) is 26.6 Å². The summed E-state index contributed by atoms with van der Waals surface area (Å²) in [6.07, 6.45) is 0. The van der Waals surface area contributed by atoms with Crippen molar-refractivity contribution in [2.45, 2.75) is 23.8 Å². The highest BCUT2D eigenvalue weighted by atomic mass is 32.2. The van der Waals surface area contributed by atoms with Gasteiger partial charge in [-0.15, -0.1) is 11.3 Å². The van der Waals surface area contributed by atoms with E-state index in [2.05, 4.69) is 4.98 Å². The normalized spacial score (nSPS) is 14.1. The fourth-order valence-electron chi connectivity index (χ4n) is 4.11. The number of sulfone groups is 1. The average molecular weight is 538 g/mol. The van der Waals surface area contributed by atoms with E-state index in [4.69, 9.17) is 9.15 Å². The molecular formula is C27H27N3O5S2. The van der Waals surface area contributed by atoms with Crippen molar-refractivity contribution in [2.75, 3.05) is 37.7 Å². The summed E-state index contributed by atoms with van der Waals surface area (Å²) >= 11 is 1.43. The molecule has 1 aliphatic heterocycles. The number of piperazine rings is 1. The second-order valence-electron chi connectivity index (χ2n) is 8.90.